The molecular formula is C19H23NO3. The average Bonchev–Trinajstić information content (AvgIpc) is 3.07. The van der Waals surface area contributed by atoms with Crippen molar-refractivity contribution in [1.82, 2.24) is 4.90 Å². The zero-order chi connectivity index (χ0) is 16.6. The predicted octanol–water partition coefficient (Wildman–Crippen LogP) is 3.11. The number of aryl methyl sites for hydroxylation is 1. The van der Waals surface area contributed by atoms with Crippen molar-refractivity contribution in [2.24, 2.45) is 5.92 Å². The van der Waals surface area contributed by atoms with Crippen LogP contribution < -0.4 is 0 Å². The Morgan fingerprint density at radius 3 is 2.57 bits per heavy atom. The molecule has 4 heteroatoms. The average molecular weight is 313 g/mol. The molecule has 0 radical (unpaired) electrons. The highest BCUT2D eigenvalue weighted by Crippen LogP contribution is 2.38. The van der Waals surface area contributed by atoms with Crippen LogP contribution in [0, 0.1) is 12.8 Å². The van der Waals surface area contributed by atoms with Crippen molar-refractivity contribution in [1.29, 1.82) is 0 Å². The zero-order valence-electron chi connectivity index (χ0n) is 13.9. The Labute approximate surface area is 137 Å². The topological polar surface area (TPSA) is 46.6 Å². The first-order valence-electron chi connectivity index (χ1n) is 8.25. The molecule has 2 atom stereocenters. The first-order chi connectivity index (χ1) is 11.0. The van der Waals surface area contributed by atoms with Gasteiger partial charge in [0.05, 0.1) is 18.1 Å². The summed E-state index contributed by atoms with van der Waals surface area (Å²) in [5.41, 5.74) is 2.86. The summed E-state index contributed by atoms with van der Waals surface area (Å²) in [5.74, 6) is -0.250. The molecule has 0 saturated carbocycles. The largest absolute Gasteiger partial charge is 0.462 e. The number of carbonyl (C=O) groups is 2. The second kappa shape index (κ2) is 6.19. The molecule has 0 bridgehead atoms. The highest BCUT2D eigenvalue weighted by molar-refractivity contribution is 6.01. The Balaban J connectivity index is 1.72. The highest BCUT2D eigenvalue weighted by atomic mass is 16.5. The SMILES string of the molecule is Cc1ccc(C(=O)C2CC=C3C(C(=O)OC(C)C)CCN32)cc1. The number of nitrogens with zero attached hydrogens (tertiary/aromatic N) is 1. The summed E-state index contributed by atoms with van der Waals surface area (Å²) in [7, 11) is 0. The molecule has 1 aromatic carbocycles. The zero-order valence-corrected chi connectivity index (χ0v) is 13.9. The van der Waals surface area contributed by atoms with Crippen LogP contribution in [0.5, 0.6) is 0 Å². The van der Waals surface area contributed by atoms with Gasteiger partial charge in [-0.15, -0.1) is 0 Å². The van der Waals surface area contributed by atoms with Crippen molar-refractivity contribution in [3.63, 3.8) is 0 Å². The van der Waals surface area contributed by atoms with Crippen LogP contribution in [0.15, 0.2) is 36.0 Å². The molecule has 0 aliphatic carbocycles. The van der Waals surface area contributed by atoms with Crippen LogP contribution in [0.1, 0.15) is 42.6 Å². The number of hydrogen-bond donors (Lipinski definition) is 0. The van der Waals surface area contributed by atoms with Gasteiger partial charge < -0.3 is 9.64 Å². The number of ether oxygens (including phenoxy) is 1. The number of esters is 1. The van der Waals surface area contributed by atoms with Crippen LogP contribution in [0.4, 0.5) is 0 Å². The summed E-state index contributed by atoms with van der Waals surface area (Å²) in [6, 6.07) is 7.52. The molecule has 122 valence electrons. The van der Waals surface area contributed by atoms with E-state index in [9.17, 15) is 9.59 Å². The molecule has 1 fully saturated rings. The molecule has 0 amide bonds. The molecule has 4 nitrogen and oxygen atoms in total. The number of hydrogen-bond acceptors (Lipinski definition) is 4. The minimum absolute atomic E-state index is 0.108. The van der Waals surface area contributed by atoms with E-state index < -0.39 is 0 Å². The van der Waals surface area contributed by atoms with Gasteiger partial charge in [0.2, 0.25) is 0 Å². The molecule has 2 heterocycles. The smallest absolute Gasteiger partial charge is 0.315 e. The van der Waals surface area contributed by atoms with E-state index in [1.165, 1.54) is 0 Å². The summed E-state index contributed by atoms with van der Waals surface area (Å²) in [4.78, 5) is 27.1. The first kappa shape index (κ1) is 15.8. The summed E-state index contributed by atoms with van der Waals surface area (Å²) >= 11 is 0. The quantitative estimate of drug-likeness (QED) is 0.633. The third-order valence-electron chi connectivity index (χ3n) is 4.55. The lowest BCUT2D eigenvalue weighted by Crippen LogP contribution is -2.35. The summed E-state index contributed by atoms with van der Waals surface area (Å²) in [5, 5.41) is 0. The second-order valence-corrected chi connectivity index (χ2v) is 6.63. The molecule has 0 N–H and O–H groups in total. The molecule has 1 aromatic rings. The van der Waals surface area contributed by atoms with Gasteiger partial charge in [-0.3, -0.25) is 9.59 Å². The van der Waals surface area contributed by atoms with E-state index >= 15 is 0 Å². The van der Waals surface area contributed by atoms with Crippen LogP contribution in [0.2, 0.25) is 0 Å². The van der Waals surface area contributed by atoms with Gasteiger partial charge in [-0.1, -0.05) is 35.9 Å². The third kappa shape index (κ3) is 3.03. The number of rotatable bonds is 4. The molecule has 0 spiro atoms. The minimum atomic E-state index is -0.215. The van der Waals surface area contributed by atoms with Gasteiger partial charge in [-0.05, 0) is 33.6 Å². The summed E-state index contributed by atoms with van der Waals surface area (Å²) in [6.45, 7) is 6.47. The number of carbonyl (C=O) groups excluding carboxylic acids is 2. The summed E-state index contributed by atoms with van der Waals surface area (Å²) in [6.07, 6.45) is 3.34. The lowest BCUT2D eigenvalue weighted by Gasteiger charge is -2.24. The van der Waals surface area contributed by atoms with Gasteiger partial charge in [0.15, 0.2) is 5.78 Å². The van der Waals surface area contributed by atoms with E-state index in [-0.39, 0.29) is 29.8 Å². The lowest BCUT2D eigenvalue weighted by molar-refractivity contribution is -0.150. The van der Waals surface area contributed by atoms with Gasteiger partial charge in [-0.25, -0.2) is 0 Å². The Bertz CT molecular complexity index is 645. The fourth-order valence-corrected chi connectivity index (χ4v) is 3.41. The second-order valence-electron chi connectivity index (χ2n) is 6.63. The van der Waals surface area contributed by atoms with Crippen molar-refractivity contribution in [3.8, 4) is 0 Å². The Kier molecular flexibility index (Phi) is 4.24. The van der Waals surface area contributed by atoms with Crippen LogP contribution >= 0.6 is 0 Å². The maximum Gasteiger partial charge on any atom is 0.315 e. The van der Waals surface area contributed by atoms with E-state index in [1.807, 2.05) is 51.1 Å². The first-order valence-corrected chi connectivity index (χ1v) is 8.25. The van der Waals surface area contributed by atoms with Crippen LogP contribution in [0.25, 0.3) is 0 Å². The number of Topliss-reactive ketones (excluding diaryl/α,β-unsaturated/α-hetero) is 1. The number of ketones is 1. The van der Waals surface area contributed by atoms with Crippen molar-refractivity contribution in [3.05, 3.63) is 47.2 Å². The fraction of sp³-hybridized carbons (Fsp3) is 0.474. The highest BCUT2D eigenvalue weighted by Gasteiger charge is 2.43. The van der Waals surface area contributed by atoms with Crippen molar-refractivity contribution in [2.75, 3.05) is 6.54 Å². The monoisotopic (exact) mass is 313 g/mol. The molecule has 3 rings (SSSR count). The Morgan fingerprint density at radius 2 is 1.91 bits per heavy atom. The number of benzene rings is 1. The minimum Gasteiger partial charge on any atom is -0.462 e. The molecular weight excluding hydrogens is 290 g/mol. The normalized spacial score (nSPS) is 23.0. The van der Waals surface area contributed by atoms with Gasteiger partial charge in [-0.2, -0.15) is 0 Å². The van der Waals surface area contributed by atoms with Crippen molar-refractivity contribution < 1.29 is 14.3 Å². The number of fused-ring (bicyclic) bond motifs is 1. The Hall–Kier alpha value is -2.10. The van der Waals surface area contributed by atoms with E-state index in [0.29, 0.717) is 6.42 Å². The lowest BCUT2D eigenvalue weighted by atomic mass is 10.0. The molecule has 0 aromatic heterocycles. The maximum atomic E-state index is 12.8. The van der Waals surface area contributed by atoms with Crippen molar-refractivity contribution in [2.45, 2.75) is 45.8 Å². The van der Waals surface area contributed by atoms with Gasteiger partial charge in [0.25, 0.3) is 0 Å². The Morgan fingerprint density at radius 1 is 1.22 bits per heavy atom. The summed E-state index contributed by atoms with van der Waals surface area (Å²) < 4.78 is 5.34. The standard InChI is InChI=1S/C19H23NO3/c1-12(2)23-19(22)15-10-11-20-16(15)8-9-17(20)18(21)14-6-4-13(3)5-7-14/h4-8,12,15,17H,9-11H2,1-3H3. The third-order valence-corrected chi connectivity index (χ3v) is 4.55. The molecule has 2 aliphatic heterocycles. The molecule has 2 aliphatic rings. The van der Waals surface area contributed by atoms with E-state index in [4.69, 9.17) is 4.74 Å². The van der Waals surface area contributed by atoms with Crippen LogP contribution in [-0.4, -0.2) is 35.3 Å². The molecule has 1 saturated heterocycles. The van der Waals surface area contributed by atoms with Crippen LogP contribution in [0.3, 0.4) is 0 Å². The maximum absolute atomic E-state index is 12.8. The van der Waals surface area contributed by atoms with Gasteiger partial charge in [0, 0.05) is 17.8 Å². The van der Waals surface area contributed by atoms with Gasteiger partial charge in [0.1, 0.15) is 0 Å². The van der Waals surface area contributed by atoms with Crippen molar-refractivity contribution >= 4 is 11.8 Å². The van der Waals surface area contributed by atoms with E-state index in [2.05, 4.69) is 4.90 Å². The predicted molar refractivity (Wildman–Crippen MR) is 88.0 cm³/mol. The molecule has 2 unspecified atom stereocenters. The fourth-order valence-electron chi connectivity index (χ4n) is 3.41. The van der Waals surface area contributed by atoms with E-state index in [1.54, 1.807) is 0 Å². The van der Waals surface area contributed by atoms with Gasteiger partial charge >= 0.3 is 5.97 Å². The van der Waals surface area contributed by atoms with Crippen LogP contribution in [-0.2, 0) is 9.53 Å². The molecule has 23 heavy (non-hydrogen) atoms. The van der Waals surface area contributed by atoms with E-state index in [0.717, 1.165) is 29.8 Å².